The Morgan fingerprint density at radius 1 is 1.29 bits per heavy atom. The highest BCUT2D eigenvalue weighted by molar-refractivity contribution is 7.11. The summed E-state index contributed by atoms with van der Waals surface area (Å²) < 4.78 is 0. The minimum Gasteiger partial charge on any atom is -0.307 e. The molecule has 1 heterocycles. The average molecular weight is 252 g/mol. The summed E-state index contributed by atoms with van der Waals surface area (Å²) in [7, 11) is 0. The second-order valence-electron chi connectivity index (χ2n) is 5.63. The molecule has 0 aromatic carbocycles. The van der Waals surface area contributed by atoms with Gasteiger partial charge in [-0.2, -0.15) is 0 Å². The van der Waals surface area contributed by atoms with Crippen molar-refractivity contribution in [2.75, 3.05) is 0 Å². The Morgan fingerprint density at radius 3 is 2.65 bits per heavy atom. The summed E-state index contributed by atoms with van der Waals surface area (Å²) >= 11 is 1.83. The summed E-state index contributed by atoms with van der Waals surface area (Å²) in [5.74, 6) is 1.72. The van der Waals surface area contributed by atoms with Crippen molar-refractivity contribution in [2.45, 2.75) is 59.5 Å². The third-order valence-corrected chi connectivity index (χ3v) is 5.09. The Morgan fingerprint density at radius 2 is 2.06 bits per heavy atom. The first-order chi connectivity index (χ1) is 8.06. The van der Waals surface area contributed by atoms with Gasteiger partial charge < -0.3 is 5.32 Å². The van der Waals surface area contributed by atoms with E-state index < -0.39 is 0 Å². The number of thiazole rings is 1. The van der Waals surface area contributed by atoms with Gasteiger partial charge in [-0.1, -0.05) is 13.8 Å². The van der Waals surface area contributed by atoms with Gasteiger partial charge in [-0.25, -0.2) is 4.98 Å². The predicted octanol–water partition coefficient (Wildman–Crippen LogP) is 3.67. The van der Waals surface area contributed by atoms with Gasteiger partial charge in [-0.05, 0) is 44.9 Å². The Labute approximate surface area is 109 Å². The molecule has 17 heavy (non-hydrogen) atoms. The van der Waals surface area contributed by atoms with Crippen molar-refractivity contribution >= 4 is 11.3 Å². The Bertz CT molecular complexity index is 353. The molecular weight excluding hydrogens is 228 g/mol. The zero-order chi connectivity index (χ0) is 12.4. The van der Waals surface area contributed by atoms with Gasteiger partial charge in [-0.3, -0.25) is 0 Å². The standard InChI is InChI=1S/C14H24N2S/c1-9-5-6-13(10(2)7-9)15-8-14-16-11(3)12(4)17-14/h9-10,13,15H,5-8H2,1-4H3. The van der Waals surface area contributed by atoms with Crippen molar-refractivity contribution in [3.63, 3.8) is 0 Å². The van der Waals surface area contributed by atoms with Gasteiger partial charge in [-0.15, -0.1) is 11.3 Å². The normalized spacial score (nSPS) is 29.5. The molecule has 0 bridgehead atoms. The van der Waals surface area contributed by atoms with E-state index >= 15 is 0 Å². The van der Waals surface area contributed by atoms with Gasteiger partial charge in [0.05, 0.1) is 5.69 Å². The molecular formula is C14H24N2S. The van der Waals surface area contributed by atoms with Crippen LogP contribution in [-0.2, 0) is 6.54 Å². The molecule has 2 nitrogen and oxygen atoms in total. The van der Waals surface area contributed by atoms with Crippen LogP contribution in [0.1, 0.15) is 48.7 Å². The van der Waals surface area contributed by atoms with Crippen LogP contribution in [0.25, 0.3) is 0 Å². The largest absolute Gasteiger partial charge is 0.307 e. The van der Waals surface area contributed by atoms with E-state index in [0.29, 0.717) is 6.04 Å². The molecule has 1 fully saturated rings. The van der Waals surface area contributed by atoms with Crippen LogP contribution in [0.15, 0.2) is 0 Å². The number of hydrogen-bond donors (Lipinski definition) is 1. The minimum absolute atomic E-state index is 0.690. The predicted molar refractivity (Wildman–Crippen MR) is 74.4 cm³/mol. The smallest absolute Gasteiger partial charge is 0.107 e. The summed E-state index contributed by atoms with van der Waals surface area (Å²) in [6.07, 6.45) is 4.07. The minimum atomic E-state index is 0.690. The number of aryl methyl sites for hydroxylation is 2. The number of hydrogen-bond acceptors (Lipinski definition) is 3. The summed E-state index contributed by atoms with van der Waals surface area (Å²) in [5.41, 5.74) is 1.19. The molecule has 0 amide bonds. The van der Waals surface area contributed by atoms with Gasteiger partial charge >= 0.3 is 0 Å². The molecule has 3 unspecified atom stereocenters. The van der Waals surface area contributed by atoms with E-state index in [1.54, 1.807) is 0 Å². The second kappa shape index (κ2) is 5.49. The third-order valence-electron chi connectivity index (χ3n) is 4.02. The molecule has 0 aliphatic heterocycles. The van der Waals surface area contributed by atoms with E-state index in [1.807, 2.05) is 11.3 Å². The lowest BCUT2D eigenvalue weighted by Crippen LogP contribution is -2.38. The van der Waals surface area contributed by atoms with E-state index in [4.69, 9.17) is 0 Å². The molecule has 0 radical (unpaired) electrons. The Kier molecular flexibility index (Phi) is 4.21. The Hall–Kier alpha value is -0.410. The molecule has 96 valence electrons. The number of nitrogens with zero attached hydrogens (tertiary/aromatic N) is 1. The average Bonchev–Trinajstić information content (AvgIpc) is 2.57. The van der Waals surface area contributed by atoms with E-state index in [1.165, 1.54) is 34.8 Å². The number of rotatable bonds is 3. The monoisotopic (exact) mass is 252 g/mol. The zero-order valence-electron chi connectivity index (χ0n) is 11.4. The van der Waals surface area contributed by atoms with Crippen LogP contribution in [0.5, 0.6) is 0 Å². The fourth-order valence-corrected chi connectivity index (χ4v) is 3.69. The van der Waals surface area contributed by atoms with E-state index in [0.717, 1.165) is 18.4 Å². The van der Waals surface area contributed by atoms with Crippen LogP contribution in [0, 0.1) is 25.7 Å². The topological polar surface area (TPSA) is 24.9 Å². The molecule has 1 aromatic rings. The van der Waals surface area contributed by atoms with Crippen molar-refractivity contribution in [2.24, 2.45) is 11.8 Å². The van der Waals surface area contributed by atoms with Gasteiger partial charge in [0.2, 0.25) is 0 Å². The molecule has 3 heteroatoms. The van der Waals surface area contributed by atoms with Crippen molar-refractivity contribution in [1.82, 2.24) is 10.3 Å². The fourth-order valence-electron chi connectivity index (χ4n) is 2.80. The van der Waals surface area contributed by atoms with Crippen LogP contribution in [0.3, 0.4) is 0 Å². The van der Waals surface area contributed by atoms with E-state index in [2.05, 4.69) is 38.0 Å². The van der Waals surface area contributed by atoms with Gasteiger partial charge in [0, 0.05) is 17.5 Å². The van der Waals surface area contributed by atoms with Crippen molar-refractivity contribution < 1.29 is 0 Å². The number of aromatic nitrogens is 1. The van der Waals surface area contributed by atoms with Crippen LogP contribution < -0.4 is 5.32 Å². The first kappa shape index (κ1) is 13.0. The van der Waals surface area contributed by atoms with Crippen LogP contribution in [0.2, 0.25) is 0 Å². The summed E-state index contributed by atoms with van der Waals surface area (Å²) in [5, 5.41) is 4.94. The lowest BCUT2D eigenvalue weighted by molar-refractivity contribution is 0.227. The highest BCUT2D eigenvalue weighted by Gasteiger charge is 2.24. The summed E-state index contributed by atoms with van der Waals surface area (Å²) in [4.78, 5) is 5.94. The van der Waals surface area contributed by atoms with Gasteiger partial charge in [0.25, 0.3) is 0 Å². The van der Waals surface area contributed by atoms with Gasteiger partial charge in [0.1, 0.15) is 5.01 Å². The van der Waals surface area contributed by atoms with Gasteiger partial charge in [0.15, 0.2) is 0 Å². The number of nitrogens with one attached hydrogen (secondary N) is 1. The van der Waals surface area contributed by atoms with Crippen LogP contribution in [-0.4, -0.2) is 11.0 Å². The maximum absolute atomic E-state index is 4.59. The second-order valence-corrected chi connectivity index (χ2v) is 6.92. The quantitative estimate of drug-likeness (QED) is 0.887. The van der Waals surface area contributed by atoms with Crippen LogP contribution in [0.4, 0.5) is 0 Å². The zero-order valence-corrected chi connectivity index (χ0v) is 12.2. The first-order valence-corrected chi connectivity index (χ1v) is 7.54. The molecule has 1 aliphatic carbocycles. The maximum atomic E-state index is 4.59. The van der Waals surface area contributed by atoms with Crippen molar-refractivity contribution in [1.29, 1.82) is 0 Å². The molecule has 0 spiro atoms. The fraction of sp³-hybridized carbons (Fsp3) is 0.786. The molecule has 3 atom stereocenters. The lowest BCUT2D eigenvalue weighted by Gasteiger charge is -2.33. The lowest BCUT2D eigenvalue weighted by atomic mass is 9.80. The van der Waals surface area contributed by atoms with Crippen molar-refractivity contribution in [3.05, 3.63) is 15.6 Å². The summed E-state index contributed by atoms with van der Waals surface area (Å²) in [6.45, 7) is 9.95. The van der Waals surface area contributed by atoms with E-state index in [9.17, 15) is 0 Å². The SMILES string of the molecule is Cc1nc(CNC2CCC(C)CC2C)sc1C. The molecule has 2 rings (SSSR count). The Balaban J connectivity index is 1.85. The maximum Gasteiger partial charge on any atom is 0.107 e. The third kappa shape index (κ3) is 3.29. The molecule has 1 aliphatic rings. The van der Waals surface area contributed by atoms with Crippen LogP contribution >= 0.6 is 11.3 Å². The van der Waals surface area contributed by atoms with E-state index in [-0.39, 0.29) is 0 Å². The first-order valence-electron chi connectivity index (χ1n) is 6.72. The molecule has 1 N–H and O–H groups in total. The molecule has 1 aromatic heterocycles. The molecule has 1 saturated carbocycles. The van der Waals surface area contributed by atoms with Crippen molar-refractivity contribution in [3.8, 4) is 0 Å². The summed E-state index contributed by atoms with van der Waals surface area (Å²) in [6, 6.07) is 0.690. The highest BCUT2D eigenvalue weighted by atomic mass is 32.1. The highest BCUT2D eigenvalue weighted by Crippen LogP contribution is 2.29. The molecule has 0 saturated heterocycles.